The molecular formula is C17H22N4O3. The quantitative estimate of drug-likeness (QED) is 0.762. The number of benzene rings is 1. The Morgan fingerprint density at radius 2 is 2.04 bits per heavy atom. The molecule has 1 aromatic rings. The van der Waals surface area contributed by atoms with Gasteiger partial charge in [0.2, 0.25) is 5.91 Å². The number of nitrogens with zero attached hydrogens (tertiary/aromatic N) is 2. The van der Waals surface area contributed by atoms with Crippen molar-refractivity contribution in [3.8, 4) is 0 Å². The highest BCUT2D eigenvalue weighted by Crippen LogP contribution is 2.14. The maximum absolute atomic E-state index is 12.1. The minimum absolute atomic E-state index is 0.0274. The highest BCUT2D eigenvalue weighted by molar-refractivity contribution is 6.04. The second-order valence-electron chi connectivity index (χ2n) is 6.27. The number of likely N-dealkylation sites (tertiary alicyclic amines) is 1. The molecule has 0 bridgehead atoms. The smallest absolute Gasteiger partial charge is 0.325 e. The van der Waals surface area contributed by atoms with Crippen molar-refractivity contribution in [1.29, 1.82) is 0 Å². The summed E-state index contributed by atoms with van der Waals surface area (Å²) in [5.74, 6) is -0.642. The molecule has 2 aliphatic rings. The Labute approximate surface area is 141 Å². The molecule has 24 heavy (non-hydrogen) atoms. The monoisotopic (exact) mass is 330 g/mol. The van der Waals surface area contributed by atoms with Crippen LogP contribution in [0.25, 0.3) is 0 Å². The van der Waals surface area contributed by atoms with E-state index >= 15 is 0 Å². The van der Waals surface area contributed by atoms with Gasteiger partial charge >= 0.3 is 6.03 Å². The van der Waals surface area contributed by atoms with Gasteiger partial charge in [0.25, 0.3) is 5.91 Å². The molecule has 0 radical (unpaired) electrons. The molecule has 2 heterocycles. The zero-order valence-electron chi connectivity index (χ0n) is 13.5. The van der Waals surface area contributed by atoms with Crippen molar-refractivity contribution in [2.75, 3.05) is 26.2 Å². The second-order valence-corrected chi connectivity index (χ2v) is 6.27. The van der Waals surface area contributed by atoms with Crippen LogP contribution >= 0.6 is 0 Å². The Balaban J connectivity index is 1.49. The standard InChI is InChI=1S/C17H22N4O3/c22-15(12-21-16(23)9-18-17(21)24)19-14-7-4-8-20(11-14)10-13-5-2-1-3-6-13/h1-3,5-6,14H,4,7-12H2,(H,18,24)(H,19,22). The Morgan fingerprint density at radius 3 is 2.75 bits per heavy atom. The van der Waals surface area contributed by atoms with E-state index in [0.717, 1.165) is 37.4 Å². The minimum Gasteiger partial charge on any atom is -0.351 e. The molecule has 1 atom stereocenters. The van der Waals surface area contributed by atoms with Crippen molar-refractivity contribution in [2.24, 2.45) is 0 Å². The topological polar surface area (TPSA) is 81.8 Å². The van der Waals surface area contributed by atoms with Gasteiger partial charge in [-0.15, -0.1) is 0 Å². The lowest BCUT2D eigenvalue weighted by atomic mass is 10.0. The molecule has 0 spiro atoms. The molecule has 3 rings (SSSR count). The number of urea groups is 1. The second kappa shape index (κ2) is 7.44. The summed E-state index contributed by atoms with van der Waals surface area (Å²) < 4.78 is 0. The molecule has 2 N–H and O–H groups in total. The Morgan fingerprint density at radius 1 is 1.25 bits per heavy atom. The van der Waals surface area contributed by atoms with Crippen molar-refractivity contribution in [3.63, 3.8) is 0 Å². The zero-order valence-corrected chi connectivity index (χ0v) is 13.5. The van der Waals surface area contributed by atoms with Gasteiger partial charge in [0.05, 0.1) is 6.54 Å². The predicted octanol–water partition coefficient (Wildman–Crippen LogP) is 0.319. The number of carbonyl (C=O) groups excluding carboxylic acids is 3. The van der Waals surface area contributed by atoms with E-state index in [1.165, 1.54) is 5.56 Å². The summed E-state index contributed by atoms with van der Waals surface area (Å²) in [5, 5.41) is 5.36. The molecule has 1 aromatic carbocycles. The van der Waals surface area contributed by atoms with Gasteiger partial charge in [0.15, 0.2) is 0 Å². The average molecular weight is 330 g/mol. The summed E-state index contributed by atoms with van der Waals surface area (Å²) in [5.41, 5.74) is 1.25. The lowest BCUT2D eigenvalue weighted by molar-refractivity contribution is -0.131. The van der Waals surface area contributed by atoms with E-state index in [2.05, 4.69) is 27.7 Å². The van der Waals surface area contributed by atoms with Crippen LogP contribution in [-0.2, 0) is 16.1 Å². The molecule has 2 saturated heterocycles. The van der Waals surface area contributed by atoms with Crippen LogP contribution in [-0.4, -0.2) is 59.9 Å². The van der Waals surface area contributed by atoms with Gasteiger partial charge < -0.3 is 10.6 Å². The molecular weight excluding hydrogens is 308 g/mol. The summed E-state index contributed by atoms with van der Waals surface area (Å²) in [6.45, 7) is 2.41. The molecule has 1 unspecified atom stereocenters. The first-order chi connectivity index (χ1) is 11.6. The third kappa shape index (κ3) is 4.11. The van der Waals surface area contributed by atoms with E-state index in [-0.39, 0.29) is 30.9 Å². The van der Waals surface area contributed by atoms with E-state index < -0.39 is 6.03 Å². The van der Waals surface area contributed by atoms with E-state index in [1.807, 2.05) is 18.2 Å². The SMILES string of the molecule is O=C(CN1C(=O)CNC1=O)NC1CCCN(Cc2ccccc2)C1. The van der Waals surface area contributed by atoms with Gasteiger partial charge in [-0.05, 0) is 24.9 Å². The number of rotatable bonds is 5. The van der Waals surface area contributed by atoms with Crippen LogP contribution in [0.2, 0.25) is 0 Å². The number of imide groups is 1. The van der Waals surface area contributed by atoms with Gasteiger partial charge in [0, 0.05) is 19.1 Å². The van der Waals surface area contributed by atoms with Crippen molar-refractivity contribution in [2.45, 2.75) is 25.4 Å². The summed E-state index contributed by atoms with van der Waals surface area (Å²) in [6.07, 6.45) is 1.93. The average Bonchev–Trinajstić information content (AvgIpc) is 2.88. The Bertz CT molecular complexity index is 604. The van der Waals surface area contributed by atoms with Gasteiger partial charge in [0.1, 0.15) is 6.54 Å². The molecule has 0 aromatic heterocycles. The van der Waals surface area contributed by atoms with Crippen molar-refractivity contribution in [1.82, 2.24) is 20.4 Å². The van der Waals surface area contributed by atoms with Crippen LogP contribution in [0, 0.1) is 0 Å². The van der Waals surface area contributed by atoms with E-state index in [9.17, 15) is 14.4 Å². The summed E-state index contributed by atoms with van der Waals surface area (Å²) in [6, 6.07) is 9.80. The minimum atomic E-state index is -0.496. The lowest BCUT2D eigenvalue weighted by Gasteiger charge is -2.33. The van der Waals surface area contributed by atoms with Crippen molar-refractivity contribution < 1.29 is 14.4 Å². The number of nitrogens with one attached hydrogen (secondary N) is 2. The molecule has 4 amide bonds. The highest BCUT2D eigenvalue weighted by Gasteiger charge is 2.31. The number of hydrogen-bond donors (Lipinski definition) is 2. The molecule has 7 nitrogen and oxygen atoms in total. The normalized spacial score (nSPS) is 21.7. The Kier molecular flexibility index (Phi) is 5.10. The highest BCUT2D eigenvalue weighted by atomic mass is 16.2. The summed E-state index contributed by atoms with van der Waals surface area (Å²) >= 11 is 0. The molecule has 0 saturated carbocycles. The first kappa shape index (κ1) is 16.4. The van der Waals surface area contributed by atoms with Crippen LogP contribution < -0.4 is 10.6 Å². The third-order valence-corrected chi connectivity index (χ3v) is 4.36. The lowest BCUT2D eigenvalue weighted by Crippen LogP contribution is -2.50. The first-order valence-corrected chi connectivity index (χ1v) is 8.25. The van der Waals surface area contributed by atoms with Crippen LogP contribution in [0.3, 0.4) is 0 Å². The Hall–Kier alpha value is -2.41. The molecule has 2 fully saturated rings. The van der Waals surface area contributed by atoms with Crippen LogP contribution in [0.15, 0.2) is 30.3 Å². The van der Waals surface area contributed by atoms with Crippen molar-refractivity contribution in [3.05, 3.63) is 35.9 Å². The number of amides is 4. The van der Waals surface area contributed by atoms with Crippen LogP contribution in [0.4, 0.5) is 4.79 Å². The maximum Gasteiger partial charge on any atom is 0.325 e. The number of hydrogen-bond acceptors (Lipinski definition) is 4. The predicted molar refractivity (Wildman–Crippen MR) is 88.0 cm³/mol. The largest absolute Gasteiger partial charge is 0.351 e. The van der Waals surface area contributed by atoms with Gasteiger partial charge in [-0.25, -0.2) is 4.79 Å². The fourth-order valence-electron chi connectivity index (χ4n) is 3.19. The summed E-state index contributed by atoms with van der Waals surface area (Å²) in [4.78, 5) is 38.4. The maximum atomic E-state index is 12.1. The van der Waals surface area contributed by atoms with Gasteiger partial charge in [-0.3, -0.25) is 19.4 Å². The fourth-order valence-corrected chi connectivity index (χ4v) is 3.19. The van der Waals surface area contributed by atoms with Gasteiger partial charge in [-0.1, -0.05) is 30.3 Å². The molecule has 2 aliphatic heterocycles. The summed E-state index contributed by atoms with van der Waals surface area (Å²) in [7, 11) is 0. The fraction of sp³-hybridized carbons (Fsp3) is 0.471. The number of carbonyl (C=O) groups is 3. The van der Waals surface area contributed by atoms with Crippen molar-refractivity contribution >= 4 is 17.8 Å². The third-order valence-electron chi connectivity index (χ3n) is 4.36. The van der Waals surface area contributed by atoms with E-state index in [4.69, 9.17) is 0 Å². The molecule has 128 valence electrons. The van der Waals surface area contributed by atoms with Crippen LogP contribution in [0.1, 0.15) is 18.4 Å². The van der Waals surface area contributed by atoms with Gasteiger partial charge in [-0.2, -0.15) is 0 Å². The first-order valence-electron chi connectivity index (χ1n) is 8.25. The molecule has 0 aliphatic carbocycles. The van der Waals surface area contributed by atoms with E-state index in [1.54, 1.807) is 0 Å². The molecule has 7 heteroatoms. The van der Waals surface area contributed by atoms with E-state index in [0.29, 0.717) is 0 Å². The van der Waals surface area contributed by atoms with Crippen LogP contribution in [0.5, 0.6) is 0 Å². The number of piperidine rings is 1. The zero-order chi connectivity index (χ0) is 16.9.